The largest absolute Gasteiger partial charge is 0.380 e. The topological polar surface area (TPSA) is 53.6 Å². The molecule has 0 N–H and O–H groups in total. The molecule has 1 aromatic heterocycles. The van der Waals surface area contributed by atoms with E-state index in [4.69, 9.17) is 25.4 Å². The molecule has 1 heterocycles. The molecule has 1 atom stereocenters. The van der Waals surface area contributed by atoms with Crippen LogP contribution in [-0.2, 0) is 20.9 Å². The van der Waals surface area contributed by atoms with Crippen LogP contribution in [-0.4, -0.2) is 18.0 Å². The van der Waals surface area contributed by atoms with Crippen molar-refractivity contribution in [1.29, 1.82) is 0 Å². The van der Waals surface area contributed by atoms with Gasteiger partial charge in [-0.25, -0.2) is 0 Å². The van der Waals surface area contributed by atoms with Crippen LogP contribution >= 0.6 is 17.1 Å². The summed E-state index contributed by atoms with van der Waals surface area (Å²) in [6, 6.07) is 1.45. The van der Waals surface area contributed by atoms with Gasteiger partial charge in [0.15, 0.2) is 0 Å². The minimum atomic E-state index is -2.42. The Labute approximate surface area is 116 Å². The van der Waals surface area contributed by atoms with Gasteiger partial charge in [0.25, 0.3) is 5.56 Å². The molecule has 1 unspecified atom stereocenters. The predicted molar refractivity (Wildman–Crippen MR) is 77.5 cm³/mol. The van der Waals surface area contributed by atoms with Gasteiger partial charge in [-0.3, -0.25) is 4.79 Å². The number of aromatic nitrogens is 1. The summed E-state index contributed by atoms with van der Waals surface area (Å²) in [5.74, 6) is 0.577. The molecule has 0 aliphatic heterocycles. The molecule has 1 aromatic rings. The highest BCUT2D eigenvalue weighted by molar-refractivity contribution is 8.67. The number of nitrogens with zero attached hydrogens (tertiary/aromatic N) is 1. The highest BCUT2D eigenvalue weighted by Crippen LogP contribution is 2.64. The zero-order chi connectivity index (χ0) is 13.8. The smallest absolute Gasteiger partial charge is 0.283 e. The molecule has 0 radical (unpaired) electrons. The molecule has 0 aliphatic carbocycles. The molecular weight excluding hydrogens is 293 g/mol. The first-order chi connectivity index (χ1) is 8.41. The fraction of sp³-hybridized carbons (Fsp3) is 0.700. The van der Waals surface area contributed by atoms with E-state index in [2.05, 4.69) is 0 Å². The summed E-state index contributed by atoms with van der Waals surface area (Å²) < 4.78 is 17.6. The summed E-state index contributed by atoms with van der Waals surface area (Å²) in [6.07, 6.45) is 0. The third-order valence-electron chi connectivity index (χ3n) is 1.97. The highest BCUT2D eigenvalue weighted by atomic mass is 32.9. The first-order valence-electron chi connectivity index (χ1n) is 5.68. The van der Waals surface area contributed by atoms with Crippen LogP contribution in [0.15, 0.2) is 15.4 Å². The normalized spacial score (nSPS) is 13.8. The Balaban J connectivity index is 2.84. The third kappa shape index (κ3) is 4.24. The van der Waals surface area contributed by atoms with Crippen molar-refractivity contribution in [3.63, 3.8) is 0 Å². The second-order valence-corrected chi connectivity index (χ2v) is 10.0. The molecule has 0 spiro atoms. The molecule has 0 bridgehead atoms. The molecular formula is C10H18NO4PS2. The molecule has 0 saturated carbocycles. The Morgan fingerprint density at radius 3 is 2.44 bits per heavy atom. The SMILES string of the molecule is CCOP(=S)(OCC)SC(C)n1oc(C)cc1=O. The molecule has 0 amide bonds. The zero-order valence-electron chi connectivity index (χ0n) is 10.9. The second kappa shape index (κ2) is 6.91. The predicted octanol–water partition coefficient (Wildman–Crippen LogP) is 3.30. The molecule has 8 heteroatoms. The van der Waals surface area contributed by atoms with Gasteiger partial charge in [0, 0.05) is 6.07 Å². The van der Waals surface area contributed by atoms with Gasteiger partial charge in [0.05, 0.1) is 13.2 Å². The minimum absolute atomic E-state index is 0.179. The molecule has 1 rings (SSSR count). The van der Waals surface area contributed by atoms with Crippen LogP contribution in [0.3, 0.4) is 0 Å². The van der Waals surface area contributed by atoms with Crippen molar-refractivity contribution in [2.45, 2.75) is 33.1 Å². The summed E-state index contributed by atoms with van der Waals surface area (Å²) >= 11 is 6.73. The Kier molecular flexibility index (Phi) is 6.14. The van der Waals surface area contributed by atoms with Crippen LogP contribution in [0.1, 0.15) is 31.9 Å². The quantitative estimate of drug-likeness (QED) is 0.720. The lowest BCUT2D eigenvalue weighted by atomic mass is 10.5. The van der Waals surface area contributed by atoms with Gasteiger partial charge in [0.2, 0.25) is 5.69 Å². The van der Waals surface area contributed by atoms with Crippen molar-refractivity contribution in [2.75, 3.05) is 13.2 Å². The van der Waals surface area contributed by atoms with Gasteiger partial charge >= 0.3 is 0 Å². The maximum atomic E-state index is 11.6. The molecule has 0 fully saturated rings. The van der Waals surface area contributed by atoms with Crippen LogP contribution in [0.5, 0.6) is 0 Å². The van der Waals surface area contributed by atoms with Gasteiger partial charge in [0.1, 0.15) is 11.1 Å². The van der Waals surface area contributed by atoms with Gasteiger partial charge in [-0.05, 0) is 50.9 Å². The average Bonchev–Trinajstić information content (AvgIpc) is 2.58. The number of hydrogen-bond donors (Lipinski definition) is 0. The number of rotatable bonds is 7. The molecule has 0 aromatic carbocycles. The van der Waals surface area contributed by atoms with E-state index in [1.165, 1.54) is 22.2 Å². The van der Waals surface area contributed by atoms with Gasteiger partial charge in [-0.1, -0.05) is 0 Å². The Morgan fingerprint density at radius 2 is 2.06 bits per heavy atom. The monoisotopic (exact) mass is 311 g/mol. The van der Waals surface area contributed by atoms with Gasteiger partial charge in [-0.2, -0.15) is 4.74 Å². The standard InChI is InChI=1S/C10H18NO4PS2/c1-5-13-16(17,14-6-2)18-9(4)11-10(12)7-8(3)15-11/h7,9H,5-6H2,1-4H3. The first kappa shape index (κ1) is 16.0. The summed E-state index contributed by atoms with van der Waals surface area (Å²) in [6.45, 7) is 8.29. The molecule has 104 valence electrons. The highest BCUT2D eigenvalue weighted by Gasteiger charge is 2.25. The van der Waals surface area contributed by atoms with Gasteiger partial charge < -0.3 is 13.6 Å². The van der Waals surface area contributed by atoms with Gasteiger partial charge in [-0.15, -0.1) is 0 Å². The minimum Gasteiger partial charge on any atom is -0.380 e. The average molecular weight is 311 g/mol. The van der Waals surface area contributed by atoms with Crippen LogP contribution in [0, 0.1) is 6.92 Å². The van der Waals surface area contributed by atoms with Crippen molar-refractivity contribution in [2.24, 2.45) is 0 Å². The van der Waals surface area contributed by atoms with E-state index < -0.39 is 5.69 Å². The summed E-state index contributed by atoms with van der Waals surface area (Å²) in [4.78, 5) is 11.6. The van der Waals surface area contributed by atoms with E-state index in [1.807, 2.05) is 20.8 Å². The van der Waals surface area contributed by atoms with Crippen LogP contribution < -0.4 is 5.56 Å². The summed E-state index contributed by atoms with van der Waals surface area (Å²) in [7, 11) is 0. The second-order valence-electron chi connectivity index (χ2n) is 3.50. The Morgan fingerprint density at radius 1 is 1.50 bits per heavy atom. The van der Waals surface area contributed by atoms with Crippen molar-refractivity contribution < 1.29 is 13.6 Å². The molecule has 18 heavy (non-hydrogen) atoms. The lowest BCUT2D eigenvalue weighted by Gasteiger charge is -2.22. The van der Waals surface area contributed by atoms with Crippen LogP contribution in [0.4, 0.5) is 0 Å². The summed E-state index contributed by atoms with van der Waals surface area (Å²) in [5, 5.41) is -0.255. The van der Waals surface area contributed by atoms with E-state index in [0.717, 1.165) is 0 Å². The first-order valence-corrected chi connectivity index (χ1v) is 9.81. The van der Waals surface area contributed by atoms with E-state index in [0.29, 0.717) is 19.0 Å². The van der Waals surface area contributed by atoms with E-state index >= 15 is 0 Å². The number of aryl methyl sites for hydroxylation is 1. The fourth-order valence-electron chi connectivity index (χ4n) is 1.36. The van der Waals surface area contributed by atoms with E-state index in [-0.39, 0.29) is 10.9 Å². The third-order valence-corrected chi connectivity index (χ3v) is 7.61. The Bertz CT molecular complexity index is 474. The van der Waals surface area contributed by atoms with Crippen LogP contribution in [0.2, 0.25) is 0 Å². The lowest BCUT2D eigenvalue weighted by molar-refractivity contribution is 0.251. The maximum absolute atomic E-state index is 11.6. The molecule has 5 nitrogen and oxygen atoms in total. The van der Waals surface area contributed by atoms with Crippen molar-refractivity contribution >= 4 is 28.9 Å². The Hall–Kier alpha value is -0.0700. The van der Waals surface area contributed by atoms with Crippen molar-refractivity contribution in [1.82, 2.24) is 4.74 Å². The zero-order valence-corrected chi connectivity index (χ0v) is 13.4. The molecule has 0 aliphatic rings. The summed E-state index contributed by atoms with van der Waals surface area (Å²) in [5.41, 5.74) is -2.60. The van der Waals surface area contributed by atoms with Crippen LogP contribution in [0.25, 0.3) is 0 Å². The van der Waals surface area contributed by atoms with E-state index in [1.54, 1.807) is 6.92 Å². The maximum Gasteiger partial charge on any atom is 0.283 e. The lowest BCUT2D eigenvalue weighted by Crippen LogP contribution is -2.15. The number of hydrogen-bond acceptors (Lipinski definition) is 6. The molecule has 0 saturated heterocycles. The van der Waals surface area contributed by atoms with Crippen molar-refractivity contribution in [3.8, 4) is 0 Å². The fourth-order valence-corrected chi connectivity index (χ4v) is 6.93. The van der Waals surface area contributed by atoms with E-state index in [9.17, 15) is 4.79 Å². The van der Waals surface area contributed by atoms with Crippen molar-refractivity contribution in [3.05, 3.63) is 22.2 Å².